The molecule has 4 rings (SSSR count). The van der Waals surface area contributed by atoms with E-state index in [4.69, 9.17) is 0 Å². The molecule has 8 heteroatoms. The first-order valence-corrected chi connectivity index (χ1v) is 11.3. The van der Waals surface area contributed by atoms with Gasteiger partial charge in [0.1, 0.15) is 5.82 Å². The van der Waals surface area contributed by atoms with E-state index in [1.165, 1.54) is 0 Å². The first-order chi connectivity index (χ1) is 14.8. The molecule has 0 radical (unpaired) electrons. The summed E-state index contributed by atoms with van der Waals surface area (Å²) >= 11 is 0. The number of likely N-dealkylation sites (tertiary alicyclic amines) is 1. The zero-order valence-corrected chi connectivity index (χ0v) is 18.7. The van der Waals surface area contributed by atoms with Crippen molar-refractivity contribution in [3.8, 4) is 0 Å². The molecule has 2 aliphatic heterocycles. The lowest BCUT2D eigenvalue weighted by molar-refractivity contribution is -0.132. The highest BCUT2D eigenvalue weighted by atomic mass is 16.2. The molecule has 0 bridgehead atoms. The third kappa shape index (κ3) is 4.34. The normalized spacial score (nSPS) is 18.3. The fourth-order valence-corrected chi connectivity index (χ4v) is 5.09. The summed E-state index contributed by atoms with van der Waals surface area (Å²) in [5.74, 6) is 1.18. The van der Waals surface area contributed by atoms with Gasteiger partial charge in [0, 0.05) is 67.6 Å². The summed E-state index contributed by atoms with van der Waals surface area (Å²) in [5.41, 5.74) is 3.01. The Morgan fingerprint density at radius 1 is 1.13 bits per heavy atom. The Balaban J connectivity index is 1.42. The predicted octanol–water partition coefficient (Wildman–Crippen LogP) is 1.86. The first-order valence-electron chi connectivity index (χ1n) is 11.3. The molecule has 1 fully saturated rings. The maximum atomic E-state index is 12.9. The smallest absolute Gasteiger partial charge is 0.342 e. The molecule has 0 spiro atoms. The average molecular weight is 426 g/mol. The number of rotatable bonds is 5. The Labute approximate surface area is 181 Å². The van der Waals surface area contributed by atoms with Crippen LogP contribution >= 0.6 is 0 Å². The molecule has 2 aliphatic rings. The molecule has 1 saturated heterocycles. The van der Waals surface area contributed by atoms with Crippen molar-refractivity contribution < 1.29 is 4.79 Å². The molecule has 8 nitrogen and oxygen atoms in total. The molecule has 0 N–H and O–H groups in total. The van der Waals surface area contributed by atoms with Gasteiger partial charge in [-0.05, 0) is 52.5 Å². The van der Waals surface area contributed by atoms with E-state index in [9.17, 15) is 14.4 Å². The van der Waals surface area contributed by atoms with Gasteiger partial charge in [-0.3, -0.25) is 14.2 Å². The molecular formula is C23H31N5O3. The van der Waals surface area contributed by atoms with E-state index in [1.807, 2.05) is 31.7 Å². The van der Waals surface area contributed by atoms with Crippen LogP contribution < -0.4 is 11.2 Å². The molecule has 166 valence electrons. The largest absolute Gasteiger partial charge is 0.347 e. The minimum Gasteiger partial charge on any atom is -0.342 e. The molecule has 0 aromatic carbocycles. The van der Waals surface area contributed by atoms with Gasteiger partial charge in [-0.1, -0.05) is 0 Å². The molecule has 1 atom stereocenters. The van der Waals surface area contributed by atoms with Crippen LogP contribution in [-0.2, 0) is 24.3 Å². The van der Waals surface area contributed by atoms with Crippen molar-refractivity contribution in [2.45, 2.75) is 78.3 Å². The van der Waals surface area contributed by atoms with E-state index >= 15 is 0 Å². The predicted molar refractivity (Wildman–Crippen MR) is 117 cm³/mol. The van der Waals surface area contributed by atoms with Crippen molar-refractivity contribution in [1.82, 2.24) is 24.0 Å². The van der Waals surface area contributed by atoms with Crippen LogP contribution in [0.3, 0.4) is 0 Å². The number of nitrogens with zero attached hydrogens (tertiary/aromatic N) is 5. The molecular weight excluding hydrogens is 394 g/mol. The number of hydrogen-bond donors (Lipinski definition) is 0. The quantitative estimate of drug-likeness (QED) is 0.729. The molecule has 0 saturated carbocycles. The van der Waals surface area contributed by atoms with Gasteiger partial charge in [0.05, 0.1) is 0 Å². The SMILES string of the molecule is Cc1cc(C)n(CCCC(=O)N2CCC[C@H](c3c(C)c(=O)nc4n3CCC4)C2)c(=O)n1. The molecule has 0 unspecified atom stereocenters. The minimum absolute atomic E-state index is 0.117. The van der Waals surface area contributed by atoms with Crippen LogP contribution in [0.2, 0.25) is 0 Å². The molecule has 2 aromatic rings. The zero-order chi connectivity index (χ0) is 22.1. The van der Waals surface area contributed by atoms with Crippen molar-refractivity contribution >= 4 is 5.91 Å². The average Bonchev–Trinajstić information content (AvgIpc) is 3.18. The summed E-state index contributed by atoms with van der Waals surface area (Å²) in [6.45, 7) is 8.37. The van der Waals surface area contributed by atoms with Crippen molar-refractivity contribution in [2.24, 2.45) is 0 Å². The topological polar surface area (TPSA) is 90.1 Å². The Morgan fingerprint density at radius 2 is 1.94 bits per heavy atom. The third-order valence-electron chi connectivity index (χ3n) is 6.60. The Bertz CT molecular complexity index is 1120. The van der Waals surface area contributed by atoms with Crippen molar-refractivity contribution in [3.63, 3.8) is 0 Å². The Hall–Kier alpha value is -2.77. The molecule has 2 aromatic heterocycles. The van der Waals surface area contributed by atoms with Gasteiger partial charge in [-0.25, -0.2) is 4.79 Å². The van der Waals surface area contributed by atoms with Crippen LogP contribution in [0.25, 0.3) is 0 Å². The summed E-state index contributed by atoms with van der Waals surface area (Å²) in [4.78, 5) is 47.6. The van der Waals surface area contributed by atoms with Crippen LogP contribution in [0.5, 0.6) is 0 Å². The van der Waals surface area contributed by atoms with Gasteiger partial charge in [0.25, 0.3) is 5.56 Å². The van der Waals surface area contributed by atoms with Crippen molar-refractivity contribution in [3.05, 3.63) is 55.4 Å². The second-order valence-electron chi connectivity index (χ2n) is 8.85. The van der Waals surface area contributed by atoms with Crippen molar-refractivity contribution in [1.29, 1.82) is 0 Å². The summed E-state index contributed by atoms with van der Waals surface area (Å²) < 4.78 is 3.85. The second-order valence-corrected chi connectivity index (χ2v) is 8.85. The summed E-state index contributed by atoms with van der Waals surface area (Å²) in [7, 11) is 0. The van der Waals surface area contributed by atoms with Crippen LogP contribution in [0.15, 0.2) is 15.7 Å². The summed E-state index contributed by atoms with van der Waals surface area (Å²) in [6, 6.07) is 1.88. The van der Waals surface area contributed by atoms with Gasteiger partial charge in [0.15, 0.2) is 0 Å². The minimum atomic E-state index is -0.254. The van der Waals surface area contributed by atoms with Gasteiger partial charge in [-0.2, -0.15) is 9.97 Å². The van der Waals surface area contributed by atoms with Crippen LogP contribution in [-0.4, -0.2) is 43.0 Å². The number of aryl methyl sites for hydroxylation is 3. The second kappa shape index (κ2) is 8.77. The lowest BCUT2D eigenvalue weighted by atomic mass is 9.91. The maximum Gasteiger partial charge on any atom is 0.347 e. The Kier molecular flexibility index (Phi) is 6.07. The van der Waals surface area contributed by atoms with E-state index in [2.05, 4.69) is 14.5 Å². The lowest BCUT2D eigenvalue weighted by Crippen LogP contribution is -2.40. The molecule has 4 heterocycles. The lowest BCUT2D eigenvalue weighted by Gasteiger charge is -2.34. The van der Waals surface area contributed by atoms with Crippen LogP contribution in [0.1, 0.15) is 66.5 Å². The standard InChI is InChI=1S/C23H31N5O3/c1-15-13-16(2)27(23(31)24-15)11-6-9-20(29)26-10-4-7-18(14-26)21-17(3)22(30)25-19-8-5-12-28(19)21/h13,18H,4-12,14H2,1-3H3/t18-/m0/s1. The van der Waals surface area contributed by atoms with Gasteiger partial charge in [-0.15, -0.1) is 0 Å². The maximum absolute atomic E-state index is 12.9. The number of fused-ring (bicyclic) bond motifs is 1. The number of carbonyl (C=O) groups excluding carboxylic acids is 1. The van der Waals surface area contributed by atoms with Gasteiger partial charge < -0.3 is 9.47 Å². The summed E-state index contributed by atoms with van der Waals surface area (Å²) in [5, 5.41) is 0. The third-order valence-corrected chi connectivity index (χ3v) is 6.60. The number of carbonyl (C=O) groups is 1. The fraction of sp³-hybridized carbons (Fsp3) is 0.609. The number of amides is 1. The van der Waals surface area contributed by atoms with Crippen molar-refractivity contribution in [2.75, 3.05) is 13.1 Å². The monoisotopic (exact) mass is 425 g/mol. The van der Waals surface area contributed by atoms with E-state index < -0.39 is 0 Å². The highest BCUT2D eigenvalue weighted by Crippen LogP contribution is 2.30. The van der Waals surface area contributed by atoms with E-state index in [0.29, 0.717) is 31.6 Å². The van der Waals surface area contributed by atoms with Gasteiger partial charge in [0.2, 0.25) is 5.91 Å². The van der Waals surface area contributed by atoms with Crippen LogP contribution in [0.4, 0.5) is 0 Å². The molecule has 31 heavy (non-hydrogen) atoms. The van der Waals surface area contributed by atoms with E-state index in [1.54, 1.807) is 4.57 Å². The Morgan fingerprint density at radius 3 is 2.71 bits per heavy atom. The van der Waals surface area contributed by atoms with E-state index in [-0.39, 0.29) is 23.1 Å². The molecule has 1 amide bonds. The van der Waals surface area contributed by atoms with Gasteiger partial charge >= 0.3 is 5.69 Å². The fourth-order valence-electron chi connectivity index (χ4n) is 5.09. The van der Waals surface area contributed by atoms with E-state index in [0.717, 1.165) is 61.5 Å². The molecule has 0 aliphatic carbocycles. The highest BCUT2D eigenvalue weighted by Gasteiger charge is 2.30. The number of hydrogen-bond acceptors (Lipinski definition) is 5. The van der Waals surface area contributed by atoms with Crippen LogP contribution in [0, 0.1) is 20.8 Å². The number of aromatic nitrogens is 4. The highest BCUT2D eigenvalue weighted by molar-refractivity contribution is 5.76. The number of piperidine rings is 1. The summed E-state index contributed by atoms with van der Waals surface area (Å²) in [6.07, 6.45) is 4.79. The zero-order valence-electron chi connectivity index (χ0n) is 18.7. The first kappa shape index (κ1) is 21.5.